The highest BCUT2D eigenvalue weighted by molar-refractivity contribution is 8.01. The average Bonchev–Trinajstić information content (AvgIpc) is 3.04. The summed E-state index contributed by atoms with van der Waals surface area (Å²) < 4.78 is 0. The van der Waals surface area contributed by atoms with Gasteiger partial charge in [0.1, 0.15) is 0 Å². The molecule has 2 heterocycles. The SMILES string of the molecule is O=C(NCC1CCCN1)C1Cc2ccccc2S1. The van der Waals surface area contributed by atoms with E-state index in [-0.39, 0.29) is 11.2 Å². The van der Waals surface area contributed by atoms with Crippen LogP contribution in [-0.2, 0) is 11.2 Å². The summed E-state index contributed by atoms with van der Waals surface area (Å²) in [5.41, 5.74) is 1.31. The maximum absolute atomic E-state index is 12.1. The first-order valence-corrected chi connectivity index (χ1v) is 7.46. The van der Waals surface area contributed by atoms with Crippen LogP contribution in [0.5, 0.6) is 0 Å². The van der Waals surface area contributed by atoms with E-state index >= 15 is 0 Å². The first kappa shape index (κ1) is 12.1. The summed E-state index contributed by atoms with van der Waals surface area (Å²) in [6, 6.07) is 8.78. The maximum atomic E-state index is 12.1. The van der Waals surface area contributed by atoms with Gasteiger partial charge in [-0.2, -0.15) is 0 Å². The van der Waals surface area contributed by atoms with E-state index in [1.54, 1.807) is 11.8 Å². The van der Waals surface area contributed by atoms with Crippen molar-refractivity contribution in [3.05, 3.63) is 29.8 Å². The van der Waals surface area contributed by atoms with Crippen LogP contribution in [-0.4, -0.2) is 30.3 Å². The number of thioether (sulfide) groups is 1. The van der Waals surface area contributed by atoms with Gasteiger partial charge >= 0.3 is 0 Å². The van der Waals surface area contributed by atoms with Crippen LogP contribution < -0.4 is 10.6 Å². The molecule has 1 aromatic rings. The Morgan fingerprint density at radius 1 is 1.44 bits per heavy atom. The Labute approximate surface area is 112 Å². The number of carbonyl (C=O) groups is 1. The molecule has 2 unspecified atom stereocenters. The zero-order valence-corrected chi connectivity index (χ0v) is 11.1. The summed E-state index contributed by atoms with van der Waals surface area (Å²) >= 11 is 1.69. The Hall–Kier alpha value is -1.00. The molecule has 2 aliphatic heterocycles. The quantitative estimate of drug-likeness (QED) is 0.869. The molecule has 2 aliphatic rings. The van der Waals surface area contributed by atoms with Crippen molar-refractivity contribution >= 4 is 17.7 Å². The molecule has 3 nitrogen and oxygen atoms in total. The van der Waals surface area contributed by atoms with E-state index in [0.717, 1.165) is 19.5 Å². The molecule has 0 aromatic heterocycles. The average molecular weight is 262 g/mol. The summed E-state index contributed by atoms with van der Waals surface area (Å²) in [5, 5.41) is 6.54. The smallest absolute Gasteiger partial charge is 0.233 e. The van der Waals surface area contributed by atoms with Gasteiger partial charge in [-0.25, -0.2) is 0 Å². The van der Waals surface area contributed by atoms with Crippen molar-refractivity contribution in [1.29, 1.82) is 0 Å². The van der Waals surface area contributed by atoms with Crippen LogP contribution in [0, 0.1) is 0 Å². The van der Waals surface area contributed by atoms with Gasteiger partial charge in [0, 0.05) is 17.5 Å². The third kappa shape index (κ3) is 2.54. The number of fused-ring (bicyclic) bond motifs is 1. The first-order chi connectivity index (χ1) is 8.83. The van der Waals surface area contributed by atoms with Gasteiger partial charge < -0.3 is 10.6 Å². The van der Waals surface area contributed by atoms with Crippen LogP contribution in [0.1, 0.15) is 18.4 Å². The number of rotatable bonds is 3. The van der Waals surface area contributed by atoms with Crippen molar-refractivity contribution in [2.45, 2.75) is 35.4 Å². The molecule has 3 rings (SSSR count). The van der Waals surface area contributed by atoms with Crippen LogP contribution in [0.4, 0.5) is 0 Å². The topological polar surface area (TPSA) is 41.1 Å². The zero-order chi connectivity index (χ0) is 12.4. The molecule has 0 saturated carbocycles. The molecule has 1 saturated heterocycles. The Kier molecular flexibility index (Phi) is 3.57. The number of nitrogens with one attached hydrogen (secondary N) is 2. The van der Waals surface area contributed by atoms with Crippen molar-refractivity contribution in [2.24, 2.45) is 0 Å². The fourth-order valence-electron chi connectivity index (χ4n) is 2.60. The number of benzene rings is 1. The standard InChI is InChI=1S/C14H18N2OS/c17-14(16-9-11-5-3-7-15-11)13-8-10-4-1-2-6-12(10)18-13/h1-2,4,6,11,13,15H,3,5,7-9H2,(H,16,17). The van der Waals surface area contributed by atoms with Gasteiger partial charge in [-0.05, 0) is 37.4 Å². The fourth-order valence-corrected chi connectivity index (χ4v) is 3.82. The predicted octanol–water partition coefficient (Wildman–Crippen LogP) is 1.57. The highest BCUT2D eigenvalue weighted by Gasteiger charge is 2.28. The second kappa shape index (κ2) is 5.33. The van der Waals surface area contributed by atoms with Gasteiger partial charge in [-0.3, -0.25) is 4.79 Å². The molecule has 2 N–H and O–H groups in total. The summed E-state index contributed by atoms with van der Waals surface area (Å²) in [4.78, 5) is 13.4. The minimum atomic E-state index is 0.0591. The molecule has 0 radical (unpaired) electrons. The molecule has 0 bridgehead atoms. The normalized spacial score (nSPS) is 26.0. The second-order valence-electron chi connectivity index (χ2n) is 4.96. The van der Waals surface area contributed by atoms with E-state index in [1.807, 2.05) is 12.1 Å². The molecule has 96 valence electrons. The first-order valence-electron chi connectivity index (χ1n) is 6.58. The Bertz CT molecular complexity index is 418. The molecule has 2 atom stereocenters. The Morgan fingerprint density at radius 2 is 2.33 bits per heavy atom. The van der Waals surface area contributed by atoms with Crippen LogP contribution in [0.15, 0.2) is 29.2 Å². The molecule has 1 amide bonds. The van der Waals surface area contributed by atoms with Crippen molar-refractivity contribution in [3.63, 3.8) is 0 Å². The Balaban J connectivity index is 1.52. The monoisotopic (exact) mass is 262 g/mol. The number of hydrogen-bond acceptors (Lipinski definition) is 3. The highest BCUT2D eigenvalue weighted by atomic mass is 32.2. The largest absolute Gasteiger partial charge is 0.354 e. The third-order valence-electron chi connectivity index (χ3n) is 3.62. The van der Waals surface area contributed by atoms with Gasteiger partial charge in [0.05, 0.1) is 5.25 Å². The highest BCUT2D eigenvalue weighted by Crippen LogP contribution is 2.36. The van der Waals surface area contributed by atoms with Gasteiger partial charge in [-0.1, -0.05) is 18.2 Å². The van der Waals surface area contributed by atoms with Gasteiger partial charge in [0.25, 0.3) is 0 Å². The van der Waals surface area contributed by atoms with E-state index in [4.69, 9.17) is 0 Å². The molecule has 1 aromatic carbocycles. The lowest BCUT2D eigenvalue weighted by molar-refractivity contribution is -0.120. The number of carbonyl (C=O) groups excluding carboxylic acids is 1. The van der Waals surface area contributed by atoms with E-state index in [2.05, 4.69) is 22.8 Å². The van der Waals surface area contributed by atoms with Crippen molar-refractivity contribution in [3.8, 4) is 0 Å². The van der Waals surface area contributed by atoms with E-state index in [0.29, 0.717) is 6.04 Å². The molecule has 0 spiro atoms. The van der Waals surface area contributed by atoms with E-state index in [9.17, 15) is 4.79 Å². The number of amides is 1. The van der Waals surface area contributed by atoms with Crippen LogP contribution in [0.2, 0.25) is 0 Å². The minimum absolute atomic E-state index is 0.0591. The Morgan fingerprint density at radius 3 is 3.11 bits per heavy atom. The predicted molar refractivity (Wildman–Crippen MR) is 73.8 cm³/mol. The summed E-state index contributed by atoms with van der Waals surface area (Å²) in [5.74, 6) is 0.185. The molecule has 4 heteroatoms. The van der Waals surface area contributed by atoms with E-state index < -0.39 is 0 Å². The maximum Gasteiger partial charge on any atom is 0.233 e. The lowest BCUT2D eigenvalue weighted by atomic mass is 10.1. The molecule has 0 aliphatic carbocycles. The second-order valence-corrected chi connectivity index (χ2v) is 6.20. The lowest BCUT2D eigenvalue weighted by Crippen LogP contribution is -2.40. The van der Waals surface area contributed by atoms with Gasteiger partial charge in [-0.15, -0.1) is 11.8 Å². The summed E-state index contributed by atoms with van der Waals surface area (Å²) in [7, 11) is 0. The van der Waals surface area contributed by atoms with Crippen LogP contribution >= 0.6 is 11.8 Å². The van der Waals surface area contributed by atoms with Gasteiger partial charge in [0.2, 0.25) is 5.91 Å². The molecule has 18 heavy (non-hydrogen) atoms. The fraction of sp³-hybridized carbons (Fsp3) is 0.500. The van der Waals surface area contributed by atoms with Crippen LogP contribution in [0.25, 0.3) is 0 Å². The van der Waals surface area contributed by atoms with Crippen molar-refractivity contribution < 1.29 is 4.79 Å². The van der Waals surface area contributed by atoms with Crippen LogP contribution in [0.3, 0.4) is 0 Å². The summed E-state index contributed by atoms with van der Waals surface area (Å²) in [6.45, 7) is 1.86. The van der Waals surface area contributed by atoms with Crippen molar-refractivity contribution in [1.82, 2.24) is 10.6 Å². The van der Waals surface area contributed by atoms with Crippen molar-refractivity contribution in [2.75, 3.05) is 13.1 Å². The molecule has 1 fully saturated rings. The third-order valence-corrected chi connectivity index (χ3v) is 4.94. The zero-order valence-electron chi connectivity index (χ0n) is 10.3. The molecular formula is C14H18N2OS. The number of hydrogen-bond donors (Lipinski definition) is 2. The van der Waals surface area contributed by atoms with Gasteiger partial charge in [0.15, 0.2) is 0 Å². The molecular weight excluding hydrogens is 244 g/mol. The lowest BCUT2D eigenvalue weighted by Gasteiger charge is -2.14. The minimum Gasteiger partial charge on any atom is -0.354 e. The summed E-state index contributed by atoms with van der Waals surface area (Å²) in [6.07, 6.45) is 3.27. The van der Waals surface area contributed by atoms with E-state index in [1.165, 1.54) is 23.3 Å².